The van der Waals surface area contributed by atoms with Crippen molar-refractivity contribution in [2.24, 2.45) is 0 Å². The van der Waals surface area contributed by atoms with E-state index in [1.165, 1.54) is 20.1 Å². The molecule has 2 rings (SSSR count). The first-order chi connectivity index (χ1) is 10.3. The van der Waals surface area contributed by atoms with Crippen molar-refractivity contribution < 1.29 is 18.7 Å². The maximum Gasteiger partial charge on any atom is 0.355 e. The molecule has 1 aliphatic rings. The van der Waals surface area contributed by atoms with E-state index in [4.69, 9.17) is 12.2 Å². The molecule has 0 radical (unpaired) electrons. The third kappa shape index (κ3) is 2.99. The molecule has 0 bridgehead atoms. The molecule has 2 N–H and O–H groups in total. The van der Waals surface area contributed by atoms with Gasteiger partial charge in [0.1, 0.15) is 11.5 Å². The molecule has 1 aliphatic heterocycles. The summed E-state index contributed by atoms with van der Waals surface area (Å²) >= 11 is 5.08. The Morgan fingerprint density at radius 1 is 1.36 bits per heavy atom. The van der Waals surface area contributed by atoms with Gasteiger partial charge in [0.25, 0.3) is 0 Å². The van der Waals surface area contributed by atoms with Crippen LogP contribution >= 0.6 is 12.2 Å². The number of carbonyl (C=O) groups is 2. The van der Waals surface area contributed by atoms with Gasteiger partial charge in [-0.3, -0.25) is 4.79 Å². The van der Waals surface area contributed by atoms with Crippen LogP contribution in [0.2, 0.25) is 0 Å². The standard InChI is InChI=1S/C15H15FN2O3S/c1-7-6-9(4-5-10(7)16)12-11(8(2)19)13(14(20)21-3)18-15(22)17-12/h4-6,12H,1-3H3,(H2,17,18,22). The van der Waals surface area contributed by atoms with Crippen molar-refractivity contribution in [3.8, 4) is 0 Å². The zero-order valence-electron chi connectivity index (χ0n) is 12.3. The van der Waals surface area contributed by atoms with Crippen molar-refractivity contribution in [3.63, 3.8) is 0 Å². The number of methoxy groups -OCH3 is 1. The predicted molar refractivity (Wildman–Crippen MR) is 82.5 cm³/mol. The Hall–Kier alpha value is -2.28. The smallest absolute Gasteiger partial charge is 0.355 e. The van der Waals surface area contributed by atoms with Crippen LogP contribution in [0.5, 0.6) is 0 Å². The van der Waals surface area contributed by atoms with Crippen LogP contribution in [0.3, 0.4) is 0 Å². The maximum absolute atomic E-state index is 13.4. The number of rotatable bonds is 3. The van der Waals surface area contributed by atoms with Crippen molar-refractivity contribution in [2.75, 3.05) is 7.11 Å². The topological polar surface area (TPSA) is 67.4 Å². The third-order valence-corrected chi connectivity index (χ3v) is 3.58. The van der Waals surface area contributed by atoms with Gasteiger partial charge in [0, 0.05) is 0 Å². The van der Waals surface area contributed by atoms with E-state index in [-0.39, 0.29) is 28.0 Å². The van der Waals surface area contributed by atoms with Gasteiger partial charge in [-0.25, -0.2) is 9.18 Å². The molecule has 0 saturated heterocycles. The SMILES string of the molecule is COC(=O)C1=C(C(C)=O)C(c2ccc(F)c(C)c2)NC(=S)N1. The fraction of sp³-hybridized carbons (Fsp3) is 0.267. The number of ether oxygens (including phenoxy) is 1. The van der Waals surface area contributed by atoms with Gasteiger partial charge in [0.15, 0.2) is 10.9 Å². The van der Waals surface area contributed by atoms with Gasteiger partial charge in [-0.2, -0.15) is 0 Å². The lowest BCUT2D eigenvalue weighted by Gasteiger charge is -2.30. The Balaban J connectivity index is 2.60. The molecule has 1 aromatic carbocycles. The van der Waals surface area contributed by atoms with E-state index in [0.29, 0.717) is 11.1 Å². The van der Waals surface area contributed by atoms with Gasteiger partial charge in [-0.15, -0.1) is 0 Å². The zero-order chi connectivity index (χ0) is 16.4. The van der Waals surface area contributed by atoms with E-state index >= 15 is 0 Å². The van der Waals surface area contributed by atoms with Crippen molar-refractivity contribution in [2.45, 2.75) is 19.9 Å². The summed E-state index contributed by atoms with van der Waals surface area (Å²) in [6.07, 6.45) is 0. The molecule has 22 heavy (non-hydrogen) atoms. The van der Waals surface area contributed by atoms with Gasteiger partial charge in [-0.05, 0) is 43.3 Å². The number of ketones is 1. The fourth-order valence-electron chi connectivity index (χ4n) is 2.30. The average molecular weight is 322 g/mol. The highest BCUT2D eigenvalue weighted by atomic mass is 32.1. The minimum absolute atomic E-state index is 0.00530. The highest BCUT2D eigenvalue weighted by Crippen LogP contribution is 2.28. The fourth-order valence-corrected chi connectivity index (χ4v) is 2.52. The highest BCUT2D eigenvalue weighted by Gasteiger charge is 2.33. The van der Waals surface area contributed by atoms with Crippen LogP contribution < -0.4 is 10.6 Å². The molecule has 0 saturated carbocycles. The minimum Gasteiger partial charge on any atom is -0.464 e. The molecule has 0 aliphatic carbocycles. The van der Waals surface area contributed by atoms with Crippen molar-refractivity contribution >= 4 is 29.1 Å². The van der Waals surface area contributed by atoms with Crippen molar-refractivity contribution in [3.05, 3.63) is 46.4 Å². The molecule has 1 heterocycles. The Morgan fingerprint density at radius 3 is 2.59 bits per heavy atom. The lowest BCUT2D eigenvalue weighted by Crippen LogP contribution is -2.47. The molecule has 1 unspecified atom stereocenters. The number of hydrogen-bond acceptors (Lipinski definition) is 4. The second-order valence-electron chi connectivity index (χ2n) is 4.88. The lowest BCUT2D eigenvalue weighted by atomic mass is 9.92. The summed E-state index contributed by atoms with van der Waals surface area (Å²) in [4.78, 5) is 23.9. The number of nitrogens with one attached hydrogen (secondary N) is 2. The molecule has 0 amide bonds. The van der Waals surface area contributed by atoms with E-state index in [9.17, 15) is 14.0 Å². The molecular formula is C15H15FN2O3S. The van der Waals surface area contributed by atoms with Crippen LogP contribution in [0.15, 0.2) is 29.5 Å². The number of hydrogen-bond donors (Lipinski definition) is 2. The first kappa shape index (κ1) is 16.1. The zero-order valence-corrected chi connectivity index (χ0v) is 13.1. The molecule has 0 fully saturated rings. The number of benzene rings is 1. The van der Waals surface area contributed by atoms with E-state index < -0.39 is 12.0 Å². The van der Waals surface area contributed by atoms with E-state index in [2.05, 4.69) is 15.4 Å². The molecular weight excluding hydrogens is 307 g/mol. The van der Waals surface area contributed by atoms with Crippen LogP contribution in [-0.2, 0) is 14.3 Å². The number of halogens is 1. The van der Waals surface area contributed by atoms with Crippen LogP contribution in [0.4, 0.5) is 4.39 Å². The third-order valence-electron chi connectivity index (χ3n) is 3.36. The van der Waals surface area contributed by atoms with Gasteiger partial charge in [0.2, 0.25) is 0 Å². The van der Waals surface area contributed by atoms with E-state index in [1.807, 2.05) is 0 Å². The number of thiocarbonyl (C=S) groups is 1. The van der Waals surface area contributed by atoms with Gasteiger partial charge in [0.05, 0.1) is 18.7 Å². The molecule has 1 atom stereocenters. The normalized spacial score (nSPS) is 17.6. The first-order valence-electron chi connectivity index (χ1n) is 6.52. The second-order valence-corrected chi connectivity index (χ2v) is 5.28. The van der Waals surface area contributed by atoms with Gasteiger partial charge < -0.3 is 15.4 Å². The molecule has 0 aromatic heterocycles. The van der Waals surface area contributed by atoms with Gasteiger partial charge >= 0.3 is 5.97 Å². The number of esters is 1. The Labute approximate surface area is 132 Å². The van der Waals surface area contributed by atoms with Crippen LogP contribution in [-0.4, -0.2) is 24.0 Å². The quantitative estimate of drug-likeness (QED) is 0.652. The van der Waals surface area contributed by atoms with Crippen LogP contribution in [0.1, 0.15) is 24.1 Å². The molecule has 116 valence electrons. The van der Waals surface area contributed by atoms with Crippen molar-refractivity contribution in [1.29, 1.82) is 0 Å². The summed E-state index contributed by atoms with van der Waals surface area (Å²) in [7, 11) is 1.22. The Morgan fingerprint density at radius 2 is 2.05 bits per heavy atom. The summed E-state index contributed by atoms with van der Waals surface area (Å²) in [5.41, 5.74) is 1.28. The molecule has 0 spiro atoms. The van der Waals surface area contributed by atoms with E-state index in [0.717, 1.165) is 0 Å². The number of aryl methyl sites for hydroxylation is 1. The largest absolute Gasteiger partial charge is 0.464 e. The lowest BCUT2D eigenvalue weighted by molar-refractivity contribution is -0.136. The summed E-state index contributed by atoms with van der Waals surface area (Å²) in [5.74, 6) is -1.34. The summed E-state index contributed by atoms with van der Waals surface area (Å²) in [6.45, 7) is 2.97. The molecule has 5 nitrogen and oxygen atoms in total. The average Bonchev–Trinajstić information content (AvgIpc) is 2.47. The molecule has 1 aromatic rings. The maximum atomic E-state index is 13.4. The summed E-state index contributed by atoms with van der Waals surface area (Å²) in [5, 5.41) is 5.78. The Bertz CT molecular complexity index is 700. The highest BCUT2D eigenvalue weighted by molar-refractivity contribution is 7.80. The minimum atomic E-state index is -0.683. The van der Waals surface area contributed by atoms with Crippen LogP contribution in [0.25, 0.3) is 0 Å². The number of carbonyl (C=O) groups excluding carboxylic acids is 2. The number of Topliss-reactive ketones (excluding diaryl/α,β-unsaturated/α-hetero) is 1. The predicted octanol–water partition coefficient (Wildman–Crippen LogP) is 1.67. The summed E-state index contributed by atoms with van der Waals surface area (Å²) < 4.78 is 18.1. The van der Waals surface area contributed by atoms with Gasteiger partial charge in [-0.1, -0.05) is 12.1 Å². The van der Waals surface area contributed by atoms with Crippen molar-refractivity contribution in [1.82, 2.24) is 10.6 Å². The summed E-state index contributed by atoms with van der Waals surface area (Å²) in [6, 6.07) is 3.83. The molecule has 7 heteroatoms. The first-order valence-corrected chi connectivity index (χ1v) is 6.93. The Kier molecular flexibility index (Phi) is 4.56. The monoisotopic (exact) mass is 322 g/mol. The van der Waals surface area contributed by atoms with E-state index in [1.54, 1.807) is 19.1 Å². The second kappa shape index (κ2) is 6.23. The van der Waals surface area contributed by atoms with Crippen LogP contribution in [0, 0.1) is 12.7 Å².